The smallest absolute Gasteiger partial charge is 0.410 e. The van der Waals surface area contributed by atoms with Crippen LogP contribution in [0, 0.1) is 23.7 Å². The third-order valence-electron chi connectivity index (χ3n) is 5.53. The van der Waals surface area contributed by atoms with Gasteiger partial charge in [0, 0.05) is 13.1 Å². The number of likely N-dealkylation sites (tertiary alicyclic amines) is 1. The molecule has 3 fully saturated rings. The van der Waals surface area contributed by atoms with Crippen LogP contribution in [0.2, 0.25) is 0 Å². The largest absolute Gasteiger partial charge is 0.444 e. The number of hydrogen-bond donors (Lipinski definition) is 1. The van der Waals surface area contributed by atoms with Gasteiger partial charge in [-0.1, -0.05) is 0 Å². The van der Waals surface area contributed by atoms with Gasteiger partial charge in [0.1, 0.15) is 5.60 Å². The van der Waals surface area contributed by atoms with Crippen LogP contribution in [-0.4, -0.2) is 42.8 Å². The molecule has 3 rings (SSSR count). The Morgan fingerprint density at radius 1 is 1.09 bits per heavy atom. The Morgan fingerprint density at radius 2 is 1.65 bits per heavy atom. The molecule has 132 valence electrons. The first-order valence-electron chi connectivity index (χ1n) is 9.61. The van der Waals surface area contributed by atoms with E-state index in [1.165, 1.54) is 32.2 Å². The van der Waals surface area contributed by atoms with Crippen molar-refractivity contribution in [3.8, 4) is 0 Å². The summed E-state index contributed by atoms with van der Waals surface area (Å²) < 4.78 is 5.46. The van der Waals surface area contributed by atoms with Crippen molar-refractivity contribution in [3.05, 3.63) is 0 Å². The molecule has 23 heavy (non-hydrogen) atoms. The zero-order valence-electron chi connectivity index (χ0n) is 15.1. The number of piperidine rings is 1. The first kappa shape index (κ1) is 17.1. The predicted octanol–water partition coefficient (Wildman–Crippen LogP) is 3.66. The van der Waals surface area contributed by atoms with Crippen LogP contribution >= 0.6 is 0 Å². The zero-order chi connectivity index (χ0) is 16.4. The molecule has 4 nitrogen and oxygen atoms in total. The second kappa shape index (κ2) is 7.00. The molecule has 1 heterocycles. The highest BCUT2D eigenvalue weighted by Gasteiger charge is 2.40. The third kappa shape index (κ3) is 5.37. The van der Waals surface area contributed by atoms with Gasteiger partial charge >= 0.3 is 6.09 Å². The molecule has 0 aromatic rings. The van der Waals surface area contributed by atoms with Crippen molar-refractivity contribution < 1.29 is 9.53 Å². The monoisotopic (exact) mass is 322 g/mol. The van der Waals surface area contributed by atoms with Crippen LogP contribution in [0.15, 0.2) is 0 Å². The maximum atomic E-state index is 12.1. The Hall–Kier alpha value is -0.770. The number of carbonyl (C=O) groups excluding carboxylic acids is 1. The highest BCUT2D eigenvalue weighted by atomic mass is 16.6. The molecule has 0 aromatic heterocycles. The molecule has 0 unspecified atom stereocenters. The molecule has 3 aliphatic rings. The summed E-state index contributed by atoms with van der Waals surface area (Å²) in [6.07, 6.45) is 7.93. The van der Waals surface area contributed by atoms with E-state index in [4.69, 9.17) is 4.74 Å². The summed E-state index contributed by atoms with van der Waals surface area (Å²) >= 11 is 0. The Kier molecular flexibility index (Phi) is 5.19. The molecule has 0 bridgehead atoms. The van der Waals surface area contributed by atoms with Gasteiger partial charge < -0.3 is 15.0 Å². The third-order valence-corrected chi connectivity index (χ3v) is 5.53. The first-order chi connectivity index (χ1) is 10.9. The summed E-state index contributed by atoms with van der Waals surface area (Å²) in [5, 5.41) is 3.75. The SMILES string of the molecule is CC(C)(C)OC(=O)N1CCC(CNCC(C2CC2)C2CC2)CC1. The molecule has 1 N–H and O–H groups in total. The van der Waals surface area contributed by atoms with Gasteiger partial charge in [-0.25, -0.2) is 4.79 Å². The zero-order valence-corrected chi connectivity index (χ0v) is 15.1. The van der Waals surface area contributed by atoms with E-state index in [-0.39, 0.29) is 6.09 Å². The Labute approximate surface area is 141 Å². The van der Waals surface area contributed by atoms with E-state index in [1.807, 2.05) is 25.7 Å². The van der Waals surface area contributed by atoms with Crippen molar-refractivity contribution in [1.82, 2.24) is 10.2 Å². The van der Waals surface area contributed by atoms with Crippen LogP contribution in [0.5, 0.6) is 0 Å². The Bertz CT molecular complexity index is 390. The normalized spacial score (nSPS) is 23.4. The predicted molar refractivity (Wildman–Crippen MR) is 92.3 cm³/mol. The van der Waals surface area contributed by atoms with Crippen LogP contribution in [0.25, 0.3) is 0 Å². The number of nitrogens with one attached hydrogen (secondary N) is 1. The molecule has 1 saturated heterocycles. The molecule has 1 aliphatic heterocycles. The fraction of sp³-hybridized carbons (Fsp3) is 0.947. The second-order valence-corrected chi connectivity index (χ2v) is 8.91. The number of amides is 1. The van der Waals surface area contributed by atoms with E-state index >= 15 is 0 Å². The highest BCUT2D eigenvalue weighted by molar-refractivity contribution is 5.68. The molecule has 1 amide bonds. The van der Waals surface area contributed by atoms with Crippen molar-refractivity contribution in [2.45, 2.75) is 64.9 Å². The highest BCUT2D eigenvalue weighted by Crippen LogP contribution is 2.48. The average Bonchev–Trinajstić information content (AvgIpc) is 3.36. The molecular weight excluding hydrogens is 288 g/mol. The van der Waals surface area contributed by atoms with Gasteiger partial charge in [0.05, 0.1) is 0 Å². The van der Waals surface area contributed by atoms with Crippen molar-refractivity contribution in [2.75, 3.05) is 26.2 Å². The van der Waals surface area contributed by atoms with E-state index in [9.17, 15) is 4.79 Å². The second-order valence-electron chi connectivity index (χ2n) is 8.91. The topological polar surface area (TPSA) is 41.6 Å². The van der Waals surface area contributed by atoms with Crippen LogP contribution in [-0.2, 0) is 4.74 Å². The number of ether oxygens (including phenoxy) is 1. The minimum atomic E-state index is -0.393. The summed E-state index contributed by atoms with van der Waals surface area (Å²) in [7, 11) is 0. The van der Waals surface area contributed by atoms with E-state index in [0.717, 1.165) is 50.2 Å². The standard InChI is InChI=1S/C19H34N2O2/c1-19(2,3)23-18(22)21-10-8-14(9-11-21)12-20-13-17(15-4-5-15)16-6-7-16/h14-17,20H,4-13H2,1-3H3. The van der Waals surface area contributed by atoms with Crippen LogP contribution in [0.3, 0.4) is 0 Å². The average molecular weight is 322 g/mol. The van der Waals surface area contributed by atoms with Crippen LogP contribution < -0.4 is 5.32 Å². The van der Waals surface area contributed by atoms with Crippen molar-refractivity contribution >= 4 is 6.09 Å². The van der Waals surface area contributed by atoms with E-state index in [2.05, 4.69) is 5.32 Å². The van der Waals surface area contributed by atoms with Gasteiger partial charge in [0.25, 0.3) is 0 Å². The van der Waals surface area contributed by atoms with Crippen LogP contribution in [0.1, 0.15) is 59.3 Å². The maximum absolute atomic E-state index is 12.1. The van der Waals surface area contributed by atoms with Gasteiger partial charge in [-0.15, -0.1) is 0 Å². The molecule has 0 spiro atoms. The number of carbonyl (C=O) groups is 1. The van der Waals surface area contributed by atoms with E-state index in [1.54, 1.807) is 0 Å². The van der Waals surface area contributed by atoms with E-state index < -0.39 is 5.60 Å². The quantitative estimate of drug-likeness (QED) is 0.811. The number of rotatable bonds is 6. The maximum Gasteiger partial charge on any atom is 0.410 e. The lowest BCUT2D eigenvalue weighted by Crippen LogP contribution is -2.43. The molecule has 0 atom stereocenters. The summed E-state index contributed by atoms with van der Waals surface area (Å²) in [5.74, 6) is 3.73. The fourth-order valence-electron chi connectivity index (χ4n) is 3.87. The fourth-order valence-corrected chi connectivity index (χ4v) is 3.87. The number of hydrogen-bond acceptors (Lipinski definition) is 3. The first-order valence-corrected chi connectivity index (χ1v) is 9.61. The summed E-state index contributed by atoms with van der Waals surface area (Å²) in [5.41, 5.74) is -0.393. The van der Waals surface area contributed by atoms with Gasteiger partial charge in [-0.2, -0.15) is 0 Å². The minimum Gasteiger partial charge on any atom is -0.444 e. The lowest BCUT2D eigenvalue weighted by Gasteiger charge is -2.33. The van der Waals surface area contributed by atoms with Gasteiger partial charge in [0.2, 0.25) is 0 Å². The summed E-state index contributed by atoms with van der Waals surface area (Å²) in [6, 6.07) is 0. The lowest BCUT2D eigenvalue weighted by molar-refractivity contribution is 0.0184. The summed E-state index contributed by atoms with van der Waals surface area (Å²) in [6.45, 7) is 9.82. The number of nitrogens with zero attached hydrogens (tertiary/aromatic N) is 1. The van der Waals surface area contributed by atoms with E-state index in [0.29, 0.717) is 5.92 Å². The van der Waals surface area contributed by atoms with Gasteiger partial charge in [0.15, 0.2) is 0 Å². The molecule has 2 aliphatic carbocycles. The summed E-state index contributed by atoms with van der Waals surface area (Å²) in [4.78, 5) is 13.9. The van der Waals surface area contributed by atoms with Crippen molar-refractivity contribution in [3.63, 3.8) is 0 Å². The molecule has 2 saturated carbocycles. The van der Waals surface area contributed by atoms with Gasteiger partial charge in [-0.3, -0.25) is 0 Å². The van der Waals surface area contributed by atoms with Gasteiger partial charge in [-0.05, 0) is 96.1 Å². The molecule has 0 radical (unpaired) electrons. The molecule has 0 aromatic carbocycles. The van der Waals surface area contributed by atoms with Crippen molar-refractivity contribution in [1.29, 1.82) is 0 Å². The Morgan fingerprint density at radius 3 is 2.13 bits per heavy atom. The molecule has 4 heteroatoms. The lowest BCUT2D eigenvalue weighted by atomic mass is 9.95. The molecular formula is C19H34N2O2. The minimum absolute atomic E-state index is 0.147. The van der Waals surface area contributed by atoms with Crippen LogP contribution in [0.4, 0.5) is 4.79 Å². The van der Waals surface area contributed by atoms with Crippen molar-refractivity contribution in [2.24, 2.45) is 23.7 Å². The Balaban J connectivity index is 1.32.